The maximum atomic E-state index is 12.7. The summed E-state index contributed by atoms with van der Waals surface area (Å²) in [4.78, 5) is 11.8. The first-order valence-electron chi connectivity index (χ1n) is 7.50. The summed E-state index contributed by atoms with van der Waals surface area (Å²) in [7, 11) is -1.93. The molecule has 1 spiro atoms. The fourth-order valence-electron chi connectivity index (χ4n) is 3.31. The molecule has 2 heterocycles. The van der Waals surface area contributed by atoms with Crippen LogP contribution in [0.4, 0.5) is 0 Å². The summed E-state index contributed by atoms with van der Waals surface area (Å²) in [5.41, 5.74) is 0.564. The molecule has 0 radical (unpaired) electrons. The minimum Gasteiger partial charge on any atom is -0.355 e. The van der Waals surface area contributed by atoms with E-state index >= 15 is 0 Å². The van der Waals surface area contributed by atoms with Crippen LogP contribution in [0.3, 0.4) is 0 Å². The van der Waals surface area contributed by atoms with Crippen molar-refractivity contribution in [2.24, 2.45) is 5.41 Å². The maximum Gasteiger partial charge on any atom is 0.251 e. The minimum atomic E-state index is -3.48. The molecule has 0 aliphatic carbocycles. The number of sulfonamides is 1. The van der Waals surface area contributed by atoms with Crippen molar-refractivity contribution in [2.75, 3.05) is 33.2 Å². The van der Waals surface area contributed by atoms with Crippen molar-refractivity contribution in [2.45, 2.75) is 17.7 Å². The lowest BCUT2D eigenvalue weighted by molar-refractivity contribution is 0.0963. The molecule has 6 nitrogen and oxygen atoms in total. The van der Waals surface area contributed by atoms with Crippen LogP contribution in [0.2, 0.25) is 0 Å². The Labute approximate surface area is 130 Å². The molecular weight excluding hydrogens is 302 g/mol. The molecule has 2 saturated heterocycles. The highest BCUT2D eigenvalue weighted by atomic mass is 32.2. The minimum absolute atomic E-state index is 0.106. The van der Waals surface area contributed by atoms with Crippen LogP contribution < -0.4 is 10.6 Å². The molecule has 0 aromatic heterocycles. The molecule has 120 valence electrons. The highest BCUT2D eigenvalue weighted by Gasteiger charge is 2.44. The van der Waals surface area contributed by atoms with Crippen molar-refractivity contribution in [3.05, 3.63) is 29.8 Å². The fraction of sp³-hybridized carbons (Fsp3) is 0.533. The average molecular weight is 323 g/mol. The van der Waals surface area contributed by atoms with E-state index in [9.17, 15) is 13.2 Å². The highest BCUT2D eigenvalue weighted by Crippen LogP contribution is 2.38. The van der Waals surface area contributed by atoms with Crippen molar-refractivity contribution < 1.29 is 13.2 Å². The van der Waals surface area contributed by atoms with E-state index < -0.39 is 10.0 Å². The molecule has 1 aromatic carbocycles. The third-order valence-corrected chi connectivity index (χ3v) is 6.58. The summed E-state index contributed by atoms with van der Waals surface area (Å²) in [6, 6.07) is 6.12. The van der Waals surface area contributed by atoms with Gasteiger partial charge >= 0.3 is 0 Å². The fourth-order valence-corrected chi connectivity index (χ4v) is 4.87. The van der Waals surface area contributed by atoms with Crippen LogP contribution in [0.1, 0.15) is 23.2 Å². The zero-order chi connectivity index (χ0) is 15.8. The standard InChI is InChI=1S/C15H21N3O3S/c1-16-14(19)12-2-4-13(5-3-12)22(20,21)18-9-7-15(11-18)6-8-17-10-15/h2-5,17H,6-11H2,1H3,(H,16,19). The number of rotatable bonds is 3. The van der Waals surface area contributed by atoms with Gasteiger partial charge < -0.3 is 10.6 Å². The number of carbonyl (C=O) groups excluding carboxylic acids is 1. The van der Waals surface area contributed by atoms with E-state index in [2.05, 4.69) is 10.6 Å². The summed E-state index contributed by atoms with van der Waals surface area (Å²) in [6.45, 7) is 3.02. The number of nitrogens with one attached hydrogen (secondary N) is 2. The van der Waals surface area contributed by atoms with Crippen LogP contribution in [0.15, 0.2) is 29.2 Å². The first-order valence-corrected chi connectivity index (χ1v) is 8.94. The van der Waals surface area contributed by atoms with Crippen molar-refractivity contribution in [1.82, 2.24) is 14.9 Å². The molecule has 2 N–H and O–H groups in total. The highest BCUT2D eigenvalue weighted by molar-refractivity contribution is 7.89. The van der Waals surface area contributed by atoms with Gasteiger partial charge in [-0.05, 0) is 49.1 Å². The summed E-state index contributed by atoms with van der Waals surface area (Å²) >= 11 is 0. The van der Waals surface area contributed by atoms with Gasteiger partial charge in [0.15, 0.2) is 0 Å². The van der Waals surface area contributed by atoms with E-state index in [0.717, 1.165) is 25.9 Å². The predicted octanol–water partition coefficient (Wildman–Crippen LogP) is 0.420. The van der Waals surface area contributed by atoms with Gasteiger partial charge in [-0.25, -0.2) is 8.42 Å². The Morgan fingerprint density at radius 1 is 1.27 bits per heavy atom. The molecule has 2 aliphatic rings. The van der Waals surface area contributed by atoms with Gasteiger partial charge in [0.2, 0.25) is 10.0 Å². The Hall–Kier alpha value is -1.44. The molecule has 7 heteroatoms. The number of amides is 1. The van der Waals surface area contributed by atoms with Gasteiger partial charge in [-0.3, -0.25) is 4.79 Å². The van der Waals surface area contributed by atoms with Crippen LogP contribution in [0, 0.1) is 5.41 Å². The van der Waals surface area contributed by atoms with Crippen LogP contribution >= 0.6 is 0 Å². The molecule has 2 aliphatic heterocycles. The van der Waals surface area contributed by atoms with E-state index in [-0.39, 0.29) is 16.2 Å². The smallest absolute Gasteiger partial charge is 0.251 e. The Morgan fingerprint density at radius 3 is 2.59 bits per heavy atom. The molecule has 1 atom stereocenters. The zero-order valence-electron chi connectivity index (χ0n) is 12.6. The number of hydrogen-bond donors (Lipinski definition) is 2. The predicted molar refractivity (Wildman–Crippen MR) is 83.1 cm³/mol. The van der Waals surface area contributed by atoms with E-state index in [1.165, 1.54) is 12.1 Å². The lowest BCUT2D eigenvalue weighted by atomic mass is 9.87. The third-order valence-electron chi connectivity index (χ3n) is 4.72. The van der Waals surface area contributed by atoms with Gasteiger partial charge in [-0.15, -0.1) is 0 Å². The van der Waals surface area contributed by atoms with E-state index in [0.29, 0.717) is 18.7 Å². The molecule has 0 bridgehead atoms. The Balaban J connectivity index is 1.80. The van der Waals surface area contributed by atoms with Crippen molar-refractivity contribution in [1.29, 1.82) is 0 Å². The third kappa shape index (κ3) is 2.64. The molecule has 1 amide bonds. The summed E-state index contributed by atoms with van der Waals surface area (Å²) in [5.74, 6) is -0.221. The van der Waals surface area contributed by atoms with Crippen LogP contribution in [0.5, 0.6) is 0 Å². The summed E-state index contributed by atoms with van der Waals surface area (Å²) < 4.78 is 27.0. The van der Waals surface area contributed by atoms with Gasteiger partial charge in [0, 0.05) is 32.2 Å². The average Bonchev–Trinajstić information content (AvgIpc) is 3.17. The monoisotopic (exact) mass is 323 g/mol. The molecule has 1 unspecified atom stereocenters. The maximum absolute atomic E-state index is 12.7. The second-order valence-corrected chi connectivity index (χ2v) is 8.06. The van der Waals surface area contributed by atoms with Gasteiger partial charge in [-0.1, -0.05) is 0 Å². The van der Waals surface area contributed by atoms with Crippen LogP contribution in [-0.2, 0) is 10.0 Å². The Kier molecular flexibility index (Phi) is 3.96. The Bertz CT molecular complexity index is 664. The molecule has 0 saturated carbocycles. The van der Waals surface area contributed by atoms with E-state index in [4.69, 9.17) is 0 Å². The van der Waals surface area contributed by atoms with E-state index in [1.54, 1.807) is 23.5 Å². The quantitative estimate of drug-likeness (QED) is 0.845. The molecule has 2 fully saturated rings. The van der Waals surface area contributed by atoms with Gasteiger partial charge in [0.25, 0.3) is 5.91 Å². The summed E-state index contributed by atoms with van der Waals surface area (Å²) in [5, 5.41) is 5.85. The molecule has 22 heavy (non-hydrogen) atoms. The lowest BCUT2D eigenvalue weighted by Gasteiger charge is -2.22. The summed E-state index contributed by atoms with van der Waals surface area (Å²) in [6.07, 6.45) is 1.95. The number of nitrogens with zero attached hydrogens (tertiary/aromatic N) is 1. The topological polar surface area (TPSA) is 78.5 Å². The first-order chi connectivity index (χ1) is 10.5. The normalized spacial score (nSPS) is 25.7. The van der Waals surface area contributed by atoms with Crippen molar-refractivity contribution in [3.63, 3.8) is 0 Å². The zero-order valence-corrected chi connectivity index (χ0v) is 13.4. The lowest BCUT2D eigenvalue weighted by Crippen LogP contribution is -2.33. The second kappa shape index (κ2) is 5.64. The van der Waals surface area contributed by atoms with Gasteiger partial charge in [-0.2, -0.15) is 4.31 Å². The van der Waals surface area contributed by atoms with Gasteiger partial charge in [0.05, 0.1) is 4.90 Å². The number of carbonyl (C=O) groups is 1. The van der Waals surface area contributed by atoms with Crippen LogP contribution in [-0.4, -0.2) is 51.9 Å². The molecule has 1 aromatic rings. The Morgan fingerprint density at radius 2 is 2.00 bits per heavy atom. The van der Waals surface area contributed by atoms with Crippen LogP contribution in [0.25, 0.3) is 0 Å². The molecule has 3 rings (SSSR count). The molecular formula is C15H21N3O3S. The SMILES string of the molecule is CNC(=O)c1ccc(S(=O)(=O)N2CCC3(CCNC3)C2)cc1. The van der Waals surface area contributed by atoms with Crippen molar-refractivity contribution >= 4 is 15.9 Å². The largest absolute Gasteiger partial charge is 0.355 e. The van der Waals surface area contributed by atoms with E-state index in [1.807, 2.05) is 0 Å². The van der Waals surface area contributed by atoms with Crippen molar-refractivity contribution in [3.8, 4) is 0 Å². The second-order valence-electron chi connectivity index (χ2n) is 6.12. The number of hydrogen-bond acceptors (Lipinski definition) is 4. The first kappa shape index (κ1) is 15.5. The number of benzene rings is 1. The van der Waals surface area contributed by atoms with Gasteiger partial charge in [0.1, 0.15) is 0 Å².